The number of nitrogens with one attached hydrogen (secondary N) is 1. The number of hydrogen-bond acceptors (Lipinski definition) is 3. The number of aromatic nitrogens is 3. The van der Waals surface area contributed by atoms with Gasteiger partial charge < -0.3 is 9.88 Å². The minimum Gasteiger partial charge on any atom is -0.348 e. The van der Waals surface area contributed by atoms with Gasteiger partial charge in [0.2, 0.25) is 0 Å². The Morgan fingerprint density at radius 2 is 1.53 bits per heavy atom. The zero-order valence-corrected chi connectivity index (χ0v) is 16.4. The highest BCUT2D eigenvalue weighted by molar-refractivity contribution is 5.93. The van der Waals surface area contributed by atoms with Crippen molar-refractivity contribution in [1.29, 1.82) is 0 Å². The largest absolute Gasteiger partial charge is 0.348 e. The van der Waals surface area contributed by atoms with Crippen molar-refractivity contribution in [2.75, 3.05) is 0 Å². The second kappa shape index (κ2) is 9.05. The lowest BCUT2D eigenvalue weighted by molar-refractivity contribution is 0.0949. The second-order valence-electron chi connectivity index (χ2n) is 7.04. The lowest BCUT2D eigenvalue weighted by atomic mass is 10.1. The summed E-state index contributed by atoms with van der Waals surface area (Å²) in [7, 11) is 0. The van der Waals surface area contributed by atoms with Gasteiger partial charge in [0.25, 0.3) is 11.5 Å². The fraction of sp³-hybridized carbons (Fsp3) is 0.125. The van der Waals surface area contributed by atoms with Crippen molar-refractivity contribution in [2.45, 2.75) is 19.6 Å². The predicted molar refractivity (Wildman–Crippen MR) is 115 cm³/mol. The molecule has 0 atom stereocenters. The molecule has 6 heteroatoms. The van der Waals surface area contributed by atoms with Crippen LogP contribution in [0.4, 0.5) is 0 Å². The Kier molecular flexibility index (Phi) is 5.85. The maximum Gasteiger partial charge on any atom is 0.263 e. The maximum atomic E-state index is 12.7. The van der Waals surface area contributed by atoms with Crippen LogP contribution in [0.5, 0.6) is 0 Å². The third kappa shape index (κ3) is 4.72. The molecule has 0 saturated carbocycles. The summed E-state index contributed by atoms with van der Waals surface area (Å²) in [5.41, 5.74) is 2.94. The van der Waals surface area contributed by atoms with E-state index in [0.717, 1.165) is 16.7 Å². The Labute approximate surface area is 174 Å². The van der Waals surface area contributed by atoms with Crippen molar-refractivity contribution >= 4 is 5.91 Å². The Balaban J connectivity index is 1.39. The maximum absolute atomic E-state index is 12.7. The molecule has 6 nitrogen and oxygen atoms in total. The minimum absolute atomic E-state index is 0.142. The van der Waals surface area contributed by atoms with E-state index >= 15 is 0 Å². The standard InChI is InChI=1S/C24H22N4O2/c29-23(22-8-4-14-27(24(22)30)17-20-6-2-1-3-7-20)25-16-19-9-11-21(12-10-19)18-28-15-5-13-26-28/h1-15H,16-18H2,(H,25,29). The molecule has 0 aliphatic heterocycles. The van der Waals surface area contributed by atoms with Crippen molar-refractivity contribution in [3.05, 3.63) is 124 Å². The zero-order valence-electron chi connectivity index (χ0n) is 16.4. The molecule has 0 radical (unpaired) electrons. The molecule has 0 aliphatic rings. The first-order chi connectivity index (χ1) is 14.7. The van der Waals surface area contributed by atoms with Crippen molar-refractivity contribution in [3.8, 4) is 0 Å². The highest BCUT2D eigenvalue weighted by Crippen LogP contribution is 2.07. The van der Waals surface area contributed by atoms with Crippen LogP contribution in [0.1, 0.15) is 27.0 Å². The number of amides is 1. The Morgan fingerprint density at radius 1 is 0.800 bits per heavy atom. The smallest absolute Gasteiger partial charge is 0.263 e. The van der Waals surface area contributed by atoms with Crippen LogP contribution in [-0.4, -0.2) is 20.3 Å². The molecule has 0 saturated heterocycles. The van der Waals surface area contributed by atoms with Gasteiger partial charge in [-0.15, -0.1) is 0 Å². The topological polar surface area (TPSA) is 68.9 Å². The summed E-state index contributed by atoms with van der Waals surface area (Å²) in [6.45, 7) is 1.48. The van der Waals surface area contributed by atoms with Crippen LogP contribution >= 0.6 is 0 Å². The molecule has 0 fully saturated rings. The molecule has 150 valence electrons. The Morgan fingerprint density at radius 3 is 2.27 bits per heavy atom. The molecule has 2 aromatic heterocycles. The average molecular weight is 398 g/mol. The van der Waals surface area contributed by atoms with Crippen molar-refractivity contribution in [2.24, 2.45) is 0 Å². The van der Waals surface area contributed by atoms with Crippen LogP contribution < -0.4 is 10.9 Å². The van der Waals surface area contributed by atoms with Crippen LogP contribution in [0.3, 0.4) is 0 Å². The van der Waals surface area contributed by atoms with Crippen molar-refractivity contribution < 1.29 is 4.79 Å². The number of carbonyl (C=O) groups excluding carboxylic acids is 1. The summed E-state index contributed by atoms with van der Waals surface area (Å²) in [5.74, 6) is -0.372. The number of hydrogen-bond donors (Lipinski definition) is 1. The molecule has 1 N–H and O–H groups in total. The molecule has 0 bridgehead atoms. The Hall–Kier alpha value is -3.93. The van der Waals surface area contributed by atoms with Gasteiger partial charge in [0.1, 0.15) is 5.56 Å². The van der Waals surface area contributed by atoms with E-state index in [1.165, 1.54) is 0 Å². The van der Waals surface area contributed by atoms with E-state index in [9.17, 15) is 9.59 Å². The summed E-state index contributed by atoms with van der Waals surface area (Å²) < 4.78 is 3.40. The lowest BCUT2D eigenvalue weighted by Crippen LogP contribution is -2.32. The van der Waals surface area contributed by atoms with Gasteiger partial charge in [0.15, 0.2) is 0 Å². The second-order valence-corrected chi connectivity index (χ2v) is 7.04. The van der Waals surface area contributed by atoms with E-state index < -0.39 is 0 Å². The van der Waals surface area contributed by atoms with E-state index in [-0.39, 0.29) is 17.0 Å². The molecule has 4 rings (SSSR count). The number of nitrogens with zero attached hydrogens (tertiary/aromatic N) is 3. The van der Waals surface area contributed by atoms with E-state index in [1.54, 1.807) is 29.1 Å². The van der Waals surface area contributed by atoms with Gasteiger partial charge in [-0.25, -0.2) is 0 Å². The number of pyridine rings is 1. The molecule has 30 heavy (non-hydrogen) atoms. The van der Waals surface area contributed by atoms with Gasteiger partial charge in [-0.05, 0) is 34.9 Å². The average Bonchev–Trinajstić information content (AvgIpc) is 3.28. The fourth-order valence-corrected chi connectivity index (χ4v) is 3.24. The van der Waals surface area contributed by atoms with Crippen LogP contribution in [0.2, 0.25) is 0 Å². The van der Waals surface area contributed by atoms with Gasteiger partial charge in [-0.2, -0.15) is 5.10 Å². The zero-order chi connectivity index (χ0) is 20.8. The molecule has 4 aromatic rings. The van der Waals surface area contributed by atoms with Gasteiger partial charge in [0.05, 0.1) is 13.1 Å². The fourth-order valence-electron chi connectivity index (χ4n) is 3.24. The lowest BCUT2D eigenvalue weighted by Gasteiger charge is -2.09. The SMILES string of the molecule is O=C(NCc1ccc(Cn2cccn2)cc1)c1cccn(Cc2ccccc2)c1=O. The van der Waals surface area contributed by atoms with Crippen LogP contribution in [0.15, 0.2) is 96.2 Å². The highest BCUT2D eigenvalue weighted by atomic mass is 16.2. The monoisotopic (exact) mass is 398 g/mol. The third-order valence-corrected chi connectivity index (χ3v) is 4.84. The predicted octanol–water partition coefficient (Wildman–Crippen LogP) is 3.07. The molecule has 2 heterocycles. The van der Waals surface area contributed by atoms with Gasteiger partial charge >= 0.3 is 0 Å². The van der Waals surface area contributed by atoms with E-state index in [0.29, 0.717) is 19.6 Å². The van der Waals surface area contributed by atoms with Crippen LogP contribution in [-0.2, 0) is 19.6 Å². The highest BCUT2D eigenvalue weighted by Gasteiger charge is 2.12. The first-order valence-corrected chi connectivity index (χ1v) is 9.76. The number of carbonyl (C=O) groups is 1. The normalized spacial score (nSPS) is 10.7. The molecular weight excluding hydrogens is 376 g/mol. The van der Waals surface area contributed by atoms with Crippen molar-refractivity contribution in [1.82, 2.24) is 19.7 Å². The summed E-state index contributed by atoms with van der Waals surface area (Å²) in [5, 5.41) is 7.04. The first-order valence-electron chi connectivity index (χ1n) is 9.76. The first kappa shape index (κ1) is 19.4. The third-order valence-electron chi connectivity index (χ3n) is 4.84. The summed E-state index contributed by atoms with van der Waals surface area (Å²) in [6, 6.07) is 22.8. The van der Waals surface area contributed by atoms with E-state index in [1.807, 2.05) is 71.5 Å². The Bertz CT molecular complexity index is 1160. The number of rotatable bonds is 7. The minimum atomic E-state index is -0.372. The van der Waals surface area contributed by atoms with Gasteiger partial charge in [-0.1, -0.05) is 54.6 Å². The summed E-state index contributed by atoms with van der Waals surface area (Å²) >= 11 is 0. The van der Waals surface area contributed by atoms with Crippen molar-refractivity contribution in [3.63, 3.8) is 0 Å². The number of benzene rings is 2. The molecular formula is C24H22N4O2. The molecule has 0 aliphatic carbocycles. The molecule has 2 aromatic carbocycles. The van der Waals surface area contributed by atoms with Gasteiger partial charge in [-0.3, -0.25) is 14.3 Å². The van der Waals surface area contributed by atoms with Crippen LogP contribution in [0.25, 0.3) is 0 Å². The quantitative estimate of drug-likeness (QED) is 0.520. The summed E-state index contributed by atoms with van der Waals surface area (Å²) in [6.07, 6.45) is 5.37. The molecule has 0 unspecified atom stereocenters. The molecule has 1 amide bonds. The van der Waals surface area contributed by atoms with Crippen LogP contribution in [0, 0.1) is 0 Å². The van der Waals surface area contributed by atoms with E-state index in [4.69, 9.17) is 0 Å². The van der Waals surface area contributed by atoms with E-state index in [2.05, 4.69) is 10.4 Å². The molecule has 0 spiro atoms. The van der Waals surface area contributed by atoms with Gasteiger partial charge in [0, 0.05) is 25.1 Å². The summed E-state index contributed by atoms with van der Waals surface area (Å²) in [4.78, 5) is 25.3.